The van der Waals surface area contributed by atoms with Crippen LogP contribution in [-0.4, -0.2) is 26.2 Å². The van der Waals surface area contributed by atoms with Gasteiger partial charge in [-0.2, -0.15) is 0 Å². The van der Waals surface area contributed by atoms with E-state index >= 15 is 0 Å². The summed E-state index contributed by atoms with van der Waals surface area (Å²) in [5, 5.41) is 2.90. The van der Waals surface area contributed by atoms with Crippen LogP contribution in [0.2, 0.25) is 0 Å². The molecule has 12 heavy (non-hydrogen) atoms. The third-order valence-corrected chi connectivity index (χ3v) is 3.03. The van der Waals surface area contributed by atoms with E-state index in [0.29, 0.717) is 6.42 Å². The average Bonchev–Trinajstić information content (AvgIpc) is 2.80. The van der Waals surface area contributed by atoms with E-state index in [9.17, 15) is 4.79 Å². The molecular weight excluding hydrogens is 154 g/mol. The number of methoxy groups -OCH3 is 1. The summed E-state index contributed by atoms with van der Waals surface area (Å²) in [6.07, 6.45) is 3.22. The van der Waals surface area contributed by atoms with E-state index in [2.05, 4.69) is 5.32 Å². The lowest BCUT2D eigenvalue weighted by Gasteiger charge is -2.25. The molecule has 2 rings (SSSR count). The number of amides is 1. The average molecular weight is 169 g/mol. The van der Waals surface area contributed by atoms with Crippen molar-refractivity contribution in [2.45, 2.75) is 19.3 Å². The summed E-state index contributed by atoms with van der Waals surface area (Å²) in [6, 6.07) is 0. The third-order valence-electron chi connectivity index (χ3n) is 3.03. The molecule has 1 atom stereocenters. The van der Waals surface area contributed by atoms with Crippen molar-refractivity contribution in [3.05, 3.63) is 0 Å². The Morgan fingerprint density at radius 2 is 2.42 bits per heavy atom. The Labute approximate surface area is 72.5 Å². The van der Waals surface area contributed by atoms with Crippen LogP contribution in [0.5, 0.6) is 0 Å². The van der Waals surface area contributed by atoms with Crippen LogP contribution in [0, 0.1) is 11.3 Å². The molecule has 1 saturated heterocycles. The van der Waals surface area contributed by atoms with Crippen LogP contribution in [-0.2, 0) is 9.53 Å². The van der Waals surface area contributed by atoms with E-state index in [1.807, 2.05) is 0 Å². The van der Waals surface area contributed by atoms with Crippen molar-refractivity contribution >= 4 is 5.91 Å². The molecule has 1 saturated carbocycles. The van der Waals surface area contributed by atoms with Gasteiger partial charge in [0.05, 0.1) is 6.61 Å². The van der Waals surface area contributed by atoms with Gasteiger partial charge in [0.15, 0.2) is 0 Å². The highest BCUT2D eigenvalue weighted by atomic mass is 16.5. The predicted molar refractivity (Wildman–Crippen MR) is 44.7 cm³/mol. The van der Waals surface area contributed by atoms with Crippen LogP contribution in [0.4, 0.5) is 0 Å². The van der Waals surface area contributed by atoms with Crippen LogP contribution < -0.4 is 5.32 Å². The van der Waals surface area contributed by atoms with Crippen LogP contribution in [0.1, 0.15) is 19.3 Å². The highest BCUT2D eigenvalue weighted by molar-refractivity contribution is 5.79. The van der Waals surface area contributed by atoms with E-state index in [1.54, 1.807) is 7.11 Å². The second kappa shape index (κ2) is 2.73. The SMILES string of the molecule is COCC1(C2CC2)CNC(=O)C1. The quantitative estimate of drug-likeness (QED) is 0.670. The molecule has 0 spiro atoms. The van der Waals surface area contributed by atoms with Gasteiger partial charge >= 0.3 is 0 Å². The first kappa shape index (κ1) is 8.05. The molecule has 0 bridgehead atoms. The minimum Gasteiger partial charge on any atom is -0.384 e. The van der Waals surface area contributed by atoms with Gasteiger partial charge in [-0.1, -0.05) is 0 Å². The first-order valence-electron chi connectivity index (χ1n) is 4.52. The van der Waals surface area contributed by atoms with Crippen molar-refractivity contribution in [1.29, 1.82) is 0 Å². The molecule has 2 fully saturated rings. The topological polar surface area (TPSA) is 38.3 Å². The largest absolute Gasteiger partial charge is 0.384 e. The lowest BCUT2D eigenvalue weighted by molar-refractivity contribution is -0.120. The zero-order valence-corrected chi connectivity index (χ0v) is 7.43. The summed E-state index contributed by atoms with van der Waals surface area (Å²) >= 11 is 0. The van der Waals surface area contributed by atoms with Crippen molar-refractivity contribution in [2.75, 3.05) is 20.3 Å². The highest BCUT2D eigenvalue weighted by Gasteiger charge is 2.49. The minimum atomic E-state index is 0.145. The van der Waals surface area contributed by atoms with Crippen molar-refractivity contribution < 1.29 is 9.53 Å². The fourth-order valence-corrected chi connectivity index (χ4v) is 2.21. The van der Waals surface area contributed by atoms with Gasteiger partial charge in [0, 0.05) is 25.5 Å². The zero-order chi connectivity index (χ0) is 8.60. The molecule has 1 N–H and O–H groups in total. The van der Waals surface area contributed by atoms with Crippen LogP contribution >= 0.6 is 0 Å². The molecule has 0 aromatic carbocycles. The number of carbonyl (C=O) groups excluding carboxylic acids is 1. The van der Waals surface area contributed by atoms with Gasteiger partial charge in [-0.3, -0.25) is 4.79 Å². The van der Waals surface area contributed by atoms with Crippen molar-refractivity contribution in [1.82, 2.24) is 5.32 Å². The van der Waals surface area contributed by atoms with Crippen molar-refractivity contribution in [2.24, 2.45) is 11.3 Å². The van der Waals surface area contributed by atoms with E-state index in [4.69, 9.17) is 4.74 Å². The molecule has 68 valence electrons. The second-order valence-corrected chi connectivity index (χ2v) is 4.02. The zero-order valence-electron chi connectivity index (χ0n) is 7.43. The van der Waals surface area contributed by atoms with Crippen molar-refractivity contribution in [3.63, 3.8) is 0 Å². The van der Waals surface area contributed by atoms with E-state index < -0.39 is 0 Å². The highest BCUT2D eigenvalue weighted by Crippen LogP contribution is 2.49. The molecule has 1 unspecified atom stereocenters. The van der Waals surface area contributed by atoms with Gasteiger partial charge in [-0.25, -0.2) is 0 Å². The molecule has 1 heterocycles. The molecular formula is C9H15NO2. The molecule has 1 aliphatic carbocycles. The van der Waals surface area contributed by atoms with Crippen LogP contribution in [0.15, 0.2) is 0 Å². The molecule has 3 heteroatoms. The molecule has 2 aliphatic rings. The molecule has 1 amide bonds. The normalized spacial score (nSPS) is 35.2. The number of ether oxygens (including phenoxy) is 1. The predicted octanol–water partition coefficient (Wildman–Crippen LogP) is 0.549. The van der Waals surface area contributed by atoms with Gasteiger partial charge in [-0.05, 0) is 18.8 Å². The number of hydrogen-bond donors (Lipinski definition) is 1. The Balaban J connectivity index is 2.06. The summed E-state index contributed by atoms with van der Waals surface area (Å²) in [4.78, 5) is 11.1. The summed E-state index contributed by atoms with van der Waals surface area (Å²) in [5.41, 5.74) is 0.145. The molecule has 0 aromatic heterocycles. The first-order valence-corrected chi connectivity index (χ1v) is 4.52. The Bertz CT molecular complexity index is 201. The lowest BCUT2D eigenvalue weighted by atomic mass is 9.82. The van der Waals surface area contributed by atoms with Gasteiger partial charge in [0.1, 0.15) is 0 Å². The van der Waals surface area contributed by atoms with E-state index in [-0.39, 0.29) is 11.3 Å². The summed E-state index contributed by atoms with van der Waals surface area (Å²) in [6.45, 7) is 1.56. The Morgan fingerprint density at radius 1 is 1.67 bits per heavy atom. The number of hydrogen-bond acceptors (Lipinski definition) is 2. The minimum absolute atomic E-state index is 0.145. The Morgan fingerprint density at radius 3 is 2.83 bits per heavy atom. The van der Waals surface area contributed by atoms with E-state index in [0.717, 1.165) is 19.1 Å². The lowest BCUT2D eigenvalue weighted by Crippen LogP contribution is -2.31. The third kappa shape index (κ3) is 1.22. The van der Waals surface area contributed by atoms with Gasteiger partial charge in [-0.15, -0.1) is 0 Å². The smallest absolute Gasteiger partial charge is 0.220 e. The van der Waals surface area contributed by atoms with Gasteiger partial charge < -0.3 is 10.1 Å². The monoisotopic (exact) mass is 169 g/mol. The molecule has 3 nitrogen and oxygen atoms in total. The van der Waals surface area contributed by atoms with Crippen molar-refractivity contribution in [3.8, 4) is 0 Å². The van der Waals surface area contributed by atoms with E-state index in [1.165, 1.54) is 12.8 Å². The summed E-state index contributed by atoms with van der Waals surface area (Å²) in [7, 11) is 1.72. The first-order chi connectivity index (χ1) is 5.77. The fourth-order valence-electron chi connectivity index (χ4n) is 2.21. The Kier molecular flexibility index (Phi) is 1.83. The van der Waals surface area contributed by atoms with Crippen LogP contribution in [0.25, 0.3) is 0 Å². The maximum absolute atomic E-state index is 11.1. The van der Waals surface area contributed by atoms with Gasteiger partial charge in [0.25, 0.3) is 0 Å². The number of nitrogens with one attached hydrogen (secondary N) is 1. The standard InChI is InChI=1S/C9H15NO2/c1-12-6-9(7-2-3-7)4-8(11)10-5-9/h7H,2-6H2,1H3,(H,10,11). The maximum Gasteiger partial charge on any atom is 0.220 e. The second-order valence-electron chi connectivity index (χ2n) is 4.02. The number of carbonyl (C=O) groups is 1. The summed E-state index contributed by atoms with van der Waals surface area (Å²) in [5.74, 6) is 0.926. The molecule has 0 aromatic rings. The molecule has 0 radical (unpaired) electrons. The molecule has 1 aliphatic heterocycles. The summed E-state index contributed by atoms with van der Waals surface area (Å²) < 4.78 is 5.19. The Hall–Kier alpha value is -0.570. The van der Waals surface area contributed by atoms with Crippen LogP contribution in [0.3, 0.4) is 0 Å². The fraction of sp³-hybridized carbons (Fsp3) is 0.889. The maximum atomic E-state index is 11.1. The number of rotatable bonds is 3. The van der Waals surface area contributed by atoms with Gasteiger partial charge in [0.2, 0.25) is 5.91 Å².